The Bertz CT molecular complexity index is 1200. The van der Waals surface area contributed by atoms with Gasteiger partial charge in [0, 0.05) is 6.54 Å². The number of rotatable bonds is 8. The Morgan fingerprint density at radius 2 is 1.88 bits per heavy atom. The Morgan fingerprint density at radius 3 is 2.58 bits per heavy atom. The average Bonchev–Trinajstić information content (AvgIpc) is 3.43. The van der Waals surface area contributed by atoms with Crippen LogP contribution >= 0.6 is 0 Å². The first-order valence-electron chi connectivity index (χ1n) is 11.0. The van der Waals surface area contributed by atoms with Crippen molar-refractivity contribution < 1.29 is 13.9 Å². The summed E-state index contributed by atoms with van der Waals surface area (Å²) in [4.78, 5) is 14.6. The summed E-state index contributed by atoms with van der Waals surface area (Å²) < 4.78 is 13.7. The Kier molecular flexibility index (Phi) is 6.78. The molecule has 2 aromatic heterocycles. The van der Waals surface area contributed by atoms with Crippen molar-refractivity contribution in [3.63, 3.8) is 0 Å². The third-order valence-electron chi connectivity index (χ3n) is 5.23. The first-order chi connectivity index (χ1) is 16.0. The number of nitrogens with zero attached hydrogens (tertiary/aromatic N) is 3. The van der Waals surface area contributed by atoms with Crippen LogP contribution in [0.2, 0.25) is 0 Å². The van der Waals surface area contributed by atoms with Crippen LogP contribution in [0.4, 0.5) is 4.79 Å². The molecule has 0 aliphatic heterocycles. The molecule has 0 aliphatic rings. The summed E-state index contributed by atoms with van der Waals surface area (Å²) in [5, 5.41) is 7.65. The van der Waals surface area contributed by atoms with E-state index < -0.39 is 0 Å². The third-order valence-corrected chi connectivity index (χ3v) is 5.23. The van der Waals surface area contributed by atoms with Crippen molar-refractivity contribution in [3.05, 3.63) is 95.6 Å². The number of para-hydroxylation sites is 1. The number of ether oxygens (including phenoxy) is 1. The second kappa shape index (κ2) is 10.1. The molecule has 33 heavy (non-hydrogen) atoms. The molecule has 4 aromatic rings. The van der Waals surface area contributed by atoms with Crippen LogP contribution in [-0.4, -0.2) is 27.3 Å². The highest BCUT2D eigenvalue weighted by atomic mass is 16.5. The Balaban J connectivity index is 1.75. The molecule has 0 saturated heterocycles. The fraction of sp³-hybridized carbons (Fsp3) is 0.231. The van der Waals surface area contributed by atoms with Gasteiger partial charge in [-0.05, 0) is 62.7 Å². The molecule has 0 saturated carbocycles. The van der Waals surface area contributed by atoms with E-state index in [4.69, 9.17) is 14.3 Å². The van der Waals surface area contributed by atoms with Crippen LogP contribution in [0.1, 0.15) is 29.5 Å². The number of amides is 2. The zero-order chi connectivity index (χ0) is 23.2. The molecule has 7 nitrogen and oxygen atoms in total. The van der Waals surface area contributed by atoms with Crippen molar-refractivity contribution in [1.29, 1.82) is 0 Å². The van der Waals surface area contributed by atoms with E-state index in [0.29, 0.717) is 37.0 Å². The predicted molar refractivity (Wildman–Crippen MR) is 127 cm³/mol. The van der Waals surface area contributed by atoms with Crippen LogP contribution in [0.3, 0.4) is 0 Å². The summed E-state index contributed by atoms with van der Waals surface area (Å²) >= 11 is 0. The van der Waals surface area contributed by atoms with Crippen molar-refractivity contribution >= 4 is 6.03 Å². The topological polar surface area (TPSA) is 72.5 Å². The van der Waals surface area contributed by atoms with Crippen LogP contribution in [0, 0.1) is 13.8 Å². The number of carbonyl (C=O) groups is 1. The number of hydrogen-bond acceptors (Lipinski definition) is 4. The molecule has 4 rings (SSSR count). The molecule has 7 heteroatoms. The van der Waals surface area contributed by atoms with Crippen molar-refractivity contribution in [2.45, 2.75) is 33.9 Å². The quantitative estimate of drug-likeness (QED) is 0.384. The molecule has 0 spiro atoms. The molecule has 0 atom stereocenters. The van der Waals surface area contributed by atoms with E-state index in [9.17, 15) is 4.79 Å². The summed E-state index contributed by atoms with van der Waals surface area (Å²) in [5.41, 5.74) is 3.59. The molecular formula is C26H28N4O3. The molecule has 2 amide bonds. The summed E-state index contributed by atoms with van der Waals surface area (Å²) in [6.07, 6.45) is 1.61. The van der Waals surface area contributed by atoms with Gasteiger partial charge >= 0.3 is 6.03 Å². The number of nitrogens with one attached hydrogen (secondary N) is 1. The van der Waals surface area contributed by atoms with Gasteiger partial charge in [0.15, 0.2) is 0 Å². The van der Waals surface area contributed by atoms with Crippen LogP contribution in [0.15, 0.2) is 77.4 Å². The normalized spacial score (nSPS) is 10.8. The van der Waals surface area contributed by atoms with Gasteiger partial charge in [0.1, 0.15) is 11.5 Å². The molecule has 0 radical (unpaired) electrons. The van der Waals surface area contributed by atoms with Gasteiger partial charge in [0.2, 0.25) is 5.88 Å². The molecule has 0 fully saturated rings. The van der Waals surface area contributed by atoms with Crippen molar-refractivity contribution in [2.24, 2.45) is 0 Å². The average molecular weight is 445 g/mol. The molecule has 2 aromatic carbocycles. The van der Waals surface area contributed by atoms with Crippen molar-refractivity contribution in [1.82, 2.24) is 20.0 Å². The van der Waals surface area contributed by atoms with Gasteiger partial charge in [-0.1, -0.05) is 30.3 Å². The molecule has 170 valence electrons. The van der Waals surface area contributed by atoms with Crippen LogP contribution < -0.4 is 10.1 Å². The number of furan rings is 1. The van der Waals surface area contributed by atoms with Gasteiger partial charge in [-0.2, -0.15) is 5.10 Å². The molecule has 1 N–H and O–H groups in total. The third kappa shape index (κ3) is 5.26. The van der Waals surface area contributed by atoms with Crippen LogP contribution in [0.5, 0.6) is 11.6 Å². The van der Waals surface area contributed by atoms with Gasteiger partial charge in [-0.3, -0.25) is 0 Å². The van der Waals surface area contributed by atoms with Crippen LogP contribution in [0.25, 0.3) is 5.69 Å². The lowest BCUT2D eigenvalue weighted by molar-refractivity contribution is 0.187. The first-order valence-corrected chi connectivity index (χ1v) is 11.0. The maximum Gasteiger partial charge on any atom is 0.318 e. The number of benzene rings is 2. The van der Waals surface area contributed by atoms with Crippen molar-refractivity contribution in [2.75, 3.05) is 6.54 Å². The smallest absolute Gasteiger partial charge is 0.318 e. The highest BCUT2D eigenvalue weighted by molar-refractivity contribution is 5.74. The van der Waals surface area contributed by atoms with Gasteiger partial charge in [0.25, 0.3) is 0 Å². The highest BCUT2D eigenvalue weighted by Gasteiger charge is 2.24. The lowest BCUT2D eigenvalue weighted by Gasteiger charge is -2.22. The second-order valence-electron chi connectivity index (χ2n) is 7.81. The number of urea groups is 1. The molecule has 2 heterocycles. The van der Waals surface area contributed by atoms with E-state index >= 15 is 0 Å². The SMILES string of the molecule is CCNC(=O)N(Cc1ccco1)Cc1c(C)nn(-c2ccccc2)c1Oc1cccc(C)c1. The lowest BCUT2D eigenvalue weighted by Crippen LogP contribution is -2.39. The van der Waals surface area contributed by atoms with Crippen molar-refractivity contribution in [3.8, 4) is 17.3 Å². The molecular weight excluding hydrogens is 416 g/mol. The summed E-state index contributed by atoms with van der Waals surface area (Å²) in [5.74, 6) is 2.00. The highest BCUT2D eigenvalue weighted by Crippen LogP contribution is 2.32. The summed E-state index contributed by atoms with van der Waals surface area (Å²) in [6.45, 7) is 7.02. The number of aromatic nitrogens is 2. The Hall–Kier alpha value is -4.00. The van der Waals surface area contributed by atoms with Crippen LogP contribution in [-0.2, 0) is 13.1 Å². The first kappa shape index (κ1) is 22.2. The lowest BCUT2D eigenvalue weighted by atomic mass is 10.2. The van der Waals surface area contributed by atoms with E-state index in [0.717, 1.165) is 22.5 Å². The predicted octanol–water partition coefficient (Wildman–Crippen LogP) is 5.61. The zero-order valence-corrected chi connectivity index (χ0v) is 19.1. The minimum Gasteiger partial charge on any atom is -0.467 e. The van der Waals surface area contributed by atoms with Gasteiger partial charge < -0.3 is 19.4 Å². The van der Waals surface area contributed by atoms with E-state index in [2.05, 4.69) is 5.32 Å². The standard InChI is InChI=1S/C26H28N4O3/c1-4-27-26(31)29(17-23-14-9-15-32-23)18-24-20(3)28-30(21-11-6-5-7-12-21)25(24)33-22-13-8-10-19(2)16-22/h5-16H,4,17-18H2,1-3H3,(H,27,31). The molecule has 0 bridgehead atoms. The maximum atomic E-state index is 12.9. The summed E-state index contributed by atoms with van der Waals surface area (Å²) in [6, 6.07) is 21.2. The minimum absolute atomic E-state index is 0.178. The van der Waals surface area contributed by atoms with Gasteiger partial charge in [0.05, 0.1) is 36.3 Å². The fourth-order valence-electron chi connectivity index (χ4n) is 3.60. The van der Waals surface area contributed by atoms with E-state index in [1.54, 1.807) is 15.8 Å². The number of carbonyl (C=O) groups excluding carboxylic acids is 1. The monoisotopic (exact) mass is 444 g/mol. The van der Waals surface area contributed by atoms with Gasteiger partial charge in [-0.15, -0.1) is 0 Å². The molecule has 0 aliphatic carbocycles. The maximum absolute atomic E-state index is 12.9. The Labute approximate surface area is 193 Å². The minimum atomic E-state index is -0.178. The number of aryl methyl sites for hydroxylation is 2. The summed E-state index contributed by atoms with van der Waals surface area (Å²) in [7, 11) is 0. The molecule has 0 unspecified atom stereocenters. The largest absolute Gasteiger partial charge is 0.467 e. The Morgan fingerprint density at radius 1 is 1.06 bits per heavy atom. The van der Waals surface area contributed by atoms with E-state index in [-0.39, 0.29) is 6.03 Å². The second-order valence-corrected chi connectivity index (χ2v) is 7.81. The fourth-order valence-corrected chi connectivity index (χ4v) is 3.60. The number of hydrogen-bond donors (Lipinski definition) is 1. The van der Waals surface area contributed by atoms with Gasteiger partial charge in [-0.25, -0.2) is 9.48 Å². The zero-order valence-electron chi connectivity index (χ0n) is 19.1. The van der Waals surface area contributed by atoms with E-state index in [1.807, 2.05) is 87.5 Å². The van der Waals surface area contributed by atoms with E-state index in [1.165, 1.54) is 0 Å².